The molecular formula is C25H27ClN4O4. The zero-order valence-corrected chi connectivity index (χ0v) is 20.2. The topological polar surface area (TPSA) is 76.9 Å². The number of rotatable bonds is 6. The minimum Gasteiger partial charge on any atom is -0.497 e. The molecule has 1 aliphatic rings. The van der Waals surface area contributed by atoms with Gasteiger partial charge in [0.05, 0.1) is 19.9 Å². The molecule has 0 atom stereocenters. The van der Waals surface area contributed by atoms with Gasteiger partial charge in [-0.25, -0.2) is 4.68 Å². The van der Waals surface area contributed by atoms with E-state index >= 15 is 0 Å². The van der Waals surface area contributed by atoms with E-state index in [2.05, 4.69) is 10.00 Å². The van der Waals surface area contributed by atoms with Gasteiger partial charge in [-0.15, -0.1) is 0 Å². The second-order valence-electron chi connectivity index (χ2n) is 8.13. The Morgan fingerprint density at radius 2 is 1.71 bits per heavy atom. The molecule has 34 heavy (non-hydrogen) atoms. The molecule has 0 bridgehead atoms. The van der Waals surface area contributed by atoms with E-state index in [0.29, 0.717) is 43.4 Å². The van der Waals surface area contributed by atoms with Crippen LogP contribution in [0.1, 0.15) is 21.7 Å². The highest BCUT2D eigenvalue weighted by Crippen LogP contribution is 2.25. The summed E-state index contributed by atoms with van der Waals surface area (Å²) in [6, 6.07) is 14.3. The number of hydrogen-bond donors (Lipinski definition) is 0. The zero-order chi connectivity index (χ0) is 24.2. The smallest absolute Gasteiger partial charge is 0.278 e. The highest BCUT2D eigenvalue weighted by Gasteiger charge is 2.26. The first-order valence-corrected chi connectivity index (χ1v) is 11.4. The molecule has 4 rings (SSSR count). The largest absolute Gasteiger partial charge is 0.497 e. The van der Waals surface area contributed by atoms with Crippen LogP contribution in [0.5, 0.6) is 11.5 Å². The number of benzene rings is 2. The van der Waals surface area contributed by atoms with Crippen LogP contribution in [0, 0.1) is 6.92 Å². The molecule has 1 amide bonds. The molecule has 0 N–H and O–H groups in total. The van der Waals surface area contributed by atoms with E-state index in [1.165, 1.54) is 6.07 Å². The average Bonchev–Trinajstić information content (AvgIpc) is 2.85. The quantitative estimate of drug-likeness (QED) is 0.537. The van der Waals surface area contributed by atoms with Crippen LogP contribution in [0.15, 0.2) is 53.3 Å². The molecule has 0 radical (unpaired) electrons. The number of piperazine rings is 1. The van der Waals surface area contributed by atoms with E-state index in [0.717, 1.165) is 22.7 Å². The fourth-order valence-corrected chi connectivity index (χ4v) is 4.17. The minimum absolute atomic E-state index is 0.0801. The van der Waals surface area contributed by atoms with Crippen molar-refractivity contribution in [3.05, 3.63) is 80.7 Å². The number of ether oxygens (including phenoxy) is 2. The van der Waals surface area contributed by atoms with Crippen molar-refractivity contribution >= 4 is 17.5 Å². The molecule has 178 valence electrons. The highest BCUT2D eigenvalue weighted by molar-refractivity contribution is 6.30. The number of aryl methyl sites for hydroxylation is 1. The molecule has 2 aromatic carbocycles. The van der Waals surface area contributed by atoms with E-state index in [1.807, 2.05) is 18.2 Å². The molecule has 1 aromatic heterocycles. The molecule has 3 aromatic rings. The SMILES string of the molecule is COc1ccc(OC)c(CN2CCN(C(=O)c3nn(-c4ccc(Cl)cc4)c(C)cc3=O)CC2)c1. The van der Waals surface area contributed by atoms with Gasteiger partial charge in [0, 0.05) is 55.1 Å². The van der Waals surface area contributed by atoms with E-state index < -0.39 is 0 Å². The minimum atomic E-state index is -0.378. The monoisotopic (exact) mass is 482 g/mol. The molecule has 0 saturated carbocycles. The Hall–Kier alpha value is -3.36. The summed E-state index contributed by atoms with van der Waals surface area (Å²) in [5, 5.41) is 5.00. The number of methoxy groups -OCH3 is 2. The summed E-state index contributed by atoms with van der Waals surface area (Å²) in [5.41, 5.74) is 1.93. The van der Waals surface area contributed by atoms with Crippen molar-refractivity contribution in [2.24, 2.45) is 0 Å². The van der Waals surface area contributed by atoms with Gasteiger partial charge in [-0.2, -0.15) is 5.10 Å². The number of carbonyl (C=O) groups excluding carboxylic acids is 1. The zero-order valence-electron chi connectivity index (χ0n) is 19.5. The van der Waals surface area contributed by atoms with Crippen molar-refractivity contribution < 1.29 is 14.3 Å². The summed E-state index contributed by atoms with van der Waals surface area (Å²) < 4.78 is 12.4. The summed E-state index contributed by atoms with van der Waals surface area (Å²) in [4.78, 5) is 29.7. The Morgan fingerprint density at radius 3 is 2.35 bits per heavy atom. The van der Waals surface area contributed by atoms with Crippen LogP contribution >= 0.6 is 11.6 Å². The average molecular weight is 483 g/mol. The van der Waals surface area contributed by atoms with Gasteiger partial charge >= 0.3 is 0 Å². The molecule has 2 heterocycles. The van der Waals surface area contributed by atoms with Gasteiger partial charge < -0.3 is 14.4 Å². The van der Waals surface area contributed by atoms with Gasteiger partial charge in [-0.1, -0.05) is 11.6 Å². The number of nitrogens with zero attached hydrogens (tertiary/aromatic N) is 4. The van der Waals surface area contributed by atoms with Crippen molar-refractivity contribution in [1.82, 2.24) is 19.6 Å². The van der Waals surface area contributed by atoms with Gasteiger partial charge in [0.15, 0.2) is 5.69 Å². The van der Waals surface area contributed by atoms with Crippen LogP contribution in [-0.2, 0) is 6.54 Å². The van der Waals surface area contributed by atoms with Gasteiger partial charge in [0.25, 0.3) is 5.91 Å². The lowest BCUT2D eigenvalue weighted by Gasteiger charge is -2.34. The number of carbonyl (C=O) groups is 1. The summed E-state index contributed by atoms with van der Waals surface area (Å²) in [7, 11) is 3.28. The Bertz CT molecular complexity index is 1230. The van der Waals surface area contributed by atoms with E-state index in [4.69, 9.17) is 21.1 Å². The normalized spacial score (nSPS) is 14.2. The molecule has 8 nitrogen and oxygen atoms in total. The van der Waals surface area contributed by atoms with Gasteiger partial charge in [0.1, 0.15) is 11.5 Å². The van der Waals surface area contributed by atoms with E-state index in [-0.39, 0.29) is 17.0 Å². The summed E-state index contributed by atoms with van der Waals surface area (Å²) in [6.07, 6.45) is 0. The first-order valence-electron chi connectivity index (χ1n) is 11.0. The predicted octanol–water partition coefficient (Wildman–Crippen LogP) is 3.17. The van der Waals surface area contributed by atoms with Crippen molar-refractivity contribution in [2.75, 3.05) is 40.4 Å². The third kappa shape index (κ3) is 5.08. The van der Waals surface area contributed by atoms with Crippen LogP contribution < -0.4 is 14.9 Å². The highest BCUT2D eigenvalue weighted by atomic mass is 35.5. The maximum absolute atomic E-state index is 13.2. The van der Waals surface area contributed by atoms with Crippen LogP contribution in [0.25, 0.3) is 5.69 Å². The van der Waals surface area contributed by atoms with Crippen LogP contribution in [0.3, 0.4) is 0 Å². The van der Waals surface area contributed by atoms with E-state index in [1.54, 1.807) is 55.0 Å². The Kier molecular flexibility index (Phi) is 7.19. The number of hydrogen-bond acceptors (Lipinski definition) is 6. The number of halogens is 1. The molecule has 0 aliphatic carbocycles. The fourth-order valence-electron chi connectivity index (χ4n) is 4.04. The molecule has 0 unspecified atom stereocenters. The van der Waals surface area contributed by atoms with Crippen LogP contribution in [-0.4, -0.2) is 65.9 Å². The summed E-state index contributed by atoms with van der Waals surface area (Å²) >= 11 is 5.98. The van der Waals surface area contributed by atoms with Crippen molar-refractivity contribution in [3.8, 4) is 17.2 Å². The maximum Gasteiger partial charge on any atom is 0.278 e. The lowest BCUT2D eigenvalue weighted by molar-refractivity contribution is 0.0618. The first kappa shape index (κ1) is 23.8. The first-order chi connectivity index (χ1) is 16.4. The van der Waals surface area contributed by atoms with Gasteiger partial charge in [-0.3, -0.25) is 14.5 Å². The van der Waals surface area contributed by atoms with Crippen LogP contribution in [0.4, 0.5) is 0 Å². The van der Waals surface area contributed by atoms with Crippen molar-refractivity contribution in [3.63, 3.8) is 0 Å². The molecular weight excluding hydrogens is 456 g/mol. The Labute approximate surface area is 203 Å². The Morgan fingerprint density at radius 1 is 1.00 bits per heavy atom. The molecule has 0 spiro atoms. The second kappa shape index (κ2) is 10.3. The van der Waals surface area contributed by atoms with Crippen LogP contribution in [0.2, 0.25) is 5.02 Å². The second-order valence-corrected chi connectivity index (χ2v) is 8.57. The van der Waals surface area contributed by atoms with Crippen molar-refractivity contribution in [1.29, 1.82) is 0 Å². The lowest BCUT2D eigenvalue weighted by atomic mass is 10.1. The third-order valence-electron chi connectivity index (χ3n) is 5.92. The van der Waals surface area contributed by atoms with Gasteiger partial charge in [-0.05, 0) is 49.4 Å². The molecule has 1 fully saturated rings. The number of amides is 1. The third-order valence-corrected chi connectivity index (χ3v) is 6.17. The fraction of sp³-hybridized carbons (Fsp3) is 0.320. The Balaban J connectivity index is 1.47. The maximum atomic E-state index is 13.2. The molecule has 1 aliphatic heterocycles. The summed E-state index contributed by atoms with van der Waals surface area (Å²) in [5.74, 6) is 1.21. The standard InChI is InChI=1S/C25H27ClN4O4/c1-17-14-22(31)24(27-30(17)20-6-4-19(26)5-7-20)25(32)29-12-10-28(11-13-29)16-18-15-21(33-2)8-9-23(18)34-3/h4-9,14-15H,10-13,16H2,1-3H3. The molecule has 1 saturated heterocycles. The predicted molar refractivity (Wildman–Crippen MR) is 130 cm³/mol. The molecule has 9 heteroatoms. The van der Waals surface area contributed by atoms with Gasteiger partial charge in [0.2, 0.25) is 5.43 Å². The number of aromatic nitrogens is 2. The lowest BCUT2D eigenvalue weighted by Crippen LogP contribution is -2.49. The summed E-state index contributed by atoms with van der Waals surface area (Å²) in [6.45, 7) is 4.80. The van der Waals surface area contributed by atoms with E-state index in [9.17, 15) is 9.59 Å². The van der Waals surface area contributed by atoms with Crippen molar-refractivity contribution in [2.45, 2.75) is 13.5 Å².